The van der Waals surface area contributed by atoms with Gasteiger partial charge in [-0.1, -0.05) is 6.07 Å². The first-order valence-corrected chi connectivity index (χ1v) is 8.91. The van der Waals surface area contributed by atoms with Gasteiger partial charge in [0.15, 0.2) is 5.65 Å². The molecule has 0 bridgehead atoms. The van der Waals surface area contributed by atoms with E-state index in [1.165, 1.54) is 0 Å². The molecule has 0 aliphatic carbocycles. The Morgan fingerprint density at radius 3 is 2.67 bits per heavy atom. The maximum absolute atomic E-state index is 13.0. The van der Waals surface area contributed by atoms with Crippen LogP contribution in [0.15, 0.2) is 36.7 Å². The summed E-state index contributed by atoms with van der Waals surface area (Å²) >= 11 is 0. The normalized spacial score (nSPS) is 13.8. The molecule has 1 amide bonds. The van der Waals surface area contributed by atoms with E-state index in [0.717, 1.165) is 22.2 Å². The van der Waals surface area contributed by atoms with E-state index in [-0.39, 0.29) is 17.5 Å². The number of pyridine rings is 1. The van der Waals surface area contributed by atoms with Crippen molar-refractivity contribution in [2.75, 3.05) is 6.54 Å². The zero-order valence-electron chi connectivity index (χ0n) is 15.2. The molecule has 1 aliphatic rings. The van der Waals surface area contributed by atoms with Crippen LogP contribution in [-0.4, -0.2) is 43.2 Å². The fourth-order valence-corrected chi connectivity index (χ4v) is 3.48. The number of nitrogens with zero attached hydrogens (tertiary/aromatic N) is 4. The van der Waals surface area contributed by atoms with Crippen molar-refractivity contribution in [1.29, 1.82) is 0 Å². The molecular weight excluding hydrogens is 344 g/mol. The van der Waals surface area contributed by atoms with E-state index in [4.69, 9.17) is 0 Å². The molecule has 3 aromatic rings. The van der Waals surface area contributed by atoms with Crippen LogP contribution in [0.3, 0.4) is 0 Å². The Labute approximate surface area is 156 Å². The Bertz CT molecular complexity index is 1050. The third-order valence-corrected chi connectivity index (χ3v) is 4.92. The maximum atomic E-state index is 13.0. The summed E-state index contributed by atoms with van der Waals surface area (Å²) in [4.78, 5) is 30.3. The number of hydrogen-bond acceptors (Lipinski definition) is 4. The van der Waals surface area contributed by atoms with Gasteiger partial charge in [-0.25, -0.2) is 14.5 Å². The molecule has 7 nitrogen and oxygen atoms in total. The summed E-state index contributed by atoms with van der Waals surface area (Å²) in [5.74, 6) is -1.06. The Hall–Kier alpha value is -3.22. The number of aromatic carboxylic acids is 1. The van der Waals surface area contributed by atoms with Crippen LogP contribution in [0.2, 0.25) is 0 Å². The lowest BCUT2D eigenvalue weighted by atomic mass is 9.97. The van der Waals surface area contributed by atoms with Crippen LogP contribution >= 0.6 is 0 Å². The number of carboxylic acids is 1. The summed E-state index contributed by atoms with van der Waals surface area (Å²) < 4.78 is 1.83. The summed E-state index contributed by atoms with van der Waals surface area (Å²) in [6.07, 6.45) is 4.03. The van der Waals surface area contributed by atoms with E-state index in [9.17, 15) is 14.7 Å². The van der Waals surface area contributed by atoms with E-state index < -0.39 is 5.97 Å². The van der Waals surface area contributed by atoms with E-state index in [1.54, 1.807) is 29.4 Å². The third-order valence-electron chi connectivity index (χ3n) is 4.92. The van der Waals surface area contributed by atoms with E-state index >= 15 is 0 Å². The van der Waals surface area contributed by atoms with Gasteiger partial charge in [-0.15, -0.1) is 0 Å². The SMILES string of the molecule is CC(C)n1ncc2cc(C(=O)N3CCc4ccc(C(=O)O)cc4C3)cnc21. The van der Waals surface area contributed by atoms with Crippen LogP contribution in [0.25, 0.3) is 11.0 Å². The van der Waals surface area contributed by atoms with Crippen molar-refractivity contribution >= 4 is 22.9 Å². The van der Waals surface area contributed by atoms with Gasteiger partial charge in [0, 0.05) is 30.7 Å². The highest BCUT2D eigenvalue weighted by Crippen LogP contribution is 2.23. The second-order valence-corrected chi connectivity index (χ2v) is 7.09. The molecule has 0 unspecified atom stereocenters. The highest BCUT2D eigenvalue weighted by molar-refractivity contribution is 5.97. The largest absolute Gasteiger partial charge is 0.478 e. The van der Waals surface area contributed by atoms with Crippen molar-refractivity contribution in [3.63, 3.8) is 0 Å². The minimum atomic E-state index is -0.960. The Morgan fingerprint density at radius 2 is 1.93 bits per heavy atom. The lowest BCUT2D eigenvalue weighted by Crippen LogP contribution is -2.36. The summed E-state index contributed by atoms with van der Waals surface area (Å²) in [6, 6.07) is 7.13. The second-order valence-electron chi connectivity index (χ2n) is 7.09. The highest BCUT2D eigenvalue weighted by atomic mass is 16.4. The number of hydrogen-bond donors (Lipinski definition) is 1. The number of carboxylic acid groups (broad SMARTS) is 1. The van der Waals surface area contributed by atoms with Crippen LogP contribution < -0.4 is 0 Å². The van der Waals surface area contributed by atoms with Gasteiger partial charge in [0.2, 0.25) is 0 Å². The van der Waals surface area contributed by atoms with Crippen LogP contribution in [0.5, 0.6) is 0 Å². The molecule has 138 valence electrons. The van der Waals surface area contributed by atoms with Crippen molar-refractivity contribution in [3.05, 3.63) is 58.9 Å². The van der Waals surface area contributed by atoms with Gasteiger partial charge in [0.05, 0.1) is 17.3 Å². The fourth-order valence-electron chi connectivity index (χ4n) is 3.48. The van der Waals surface area contributed by atoms with Crippen molar-refractivity contribution in [2.45, 2.75) is 32.9 Å². The van der Waals surface area contributed by atoms with Gasteiger partial charge in [-0.2, -0.15) is 5.10 Å². The molecule has 4 rings (SSSR count). The van der Waals surface area contributed by atoms with Gasteiger partial charge in [0.1, 0.15) is 0 Å². The van der Waals surface area contributed by atoms with Crippen LogP contribution in [-0.2, 0) is 13.0 Å². The predicted molar refractivity (Wildman–Crippen MR) is 99.8 cm³/mol. The number of benzene rings is 1. The first-order valence-electron chi connectivity index (χ1n) is 8.91. The molecule has 0 spiro atoms. The highest BCUT2D eigenvalue weighted by Gasteiger charge is 2.23. The molecule has 27 heavy (non-hydrogen) atoms. The van der Waals surface area contributed by atoms with Crippen molar-refractivity contribution in [2.24, 2.45) is 0 Å². The number of carbonyl (C=O) groups is 2. The zero-order valence-corrected chi connectivity index (χ0v) is 15.2. The first kappa shape index (κ1) is 17.2. The first-order chi connectivity index (χ1) is 12.9. The number of carbonyl (C=O) groups excluding carboxylic acids is 1. The average molecular weight is 364 g/mol. The molecule has 0 atom stereocenters. The lowest BCUT2D eigenvalue weighted by Gasteiger charge is -2.29. The van der Waals surface area contributed by atoms with Crippen molar-refractivity contribution < 1.29 is 14.7 Å². The standard InChI is InChI=1S/C20H20N4O3/c1-12(2)24-18-15(10-22-24)8-16(9-21-18)19(25)23-6-5-13-3-4-14(20(26)27)7-17(13)11-23/h3-4,7-10,12H,5-6,11H2,1-2H3,(H,26,27). The topological polar surface area (TPSA) is 88.3 Å². The Kier molecular flexibility index (Phi) is 4.14. The fraction of sp³-hybridized carbons (Fsp3) is 0.300. The minimum absolute atomic E-state index is 0.104. The number of amides is 1. The quantitative estimate of drug-likeness (QED) is 0.772. The smallest absolute Gasteiger partial charge is 0.335 e. The van der Waals surface area contributed by atoms with E-state index in [1.807, 2.05) is 30.7 Å². The number of rotatable bonds is 3. The molecule has 0 fully saturated rings. The summed E-state index contributed by atoms with van der Waals surface area (Å²) in [7, 11) is 0. The lowest BCUT2D eigenvalue weighted by molar-refractivity contribution is 0.0696. The van der Waals surface area contributed by atoms with Gasteiger partial charge in [0.25, 0.3) is 5.91 Å². The molecule has 3 heterocycles. The molecule has 1 N–H and O–H groups in total. The van der Waals surface area contributed by atoms with Crippen LogP contribution in [0, 0.1) is 0 Å². The van der Waals surface area contributed by atoms with Gasteiger partial charge < -0.3 is 10.0 Å². The summed E-state index contributed by atoms with van der Waals surface area (Å²) in [5.41, 5.74) is 3.50. The molecule has 7 heteroatoms. The molecule has 0 saturated carbocycles. The Balaban J connectivity index is 1.61. The molecular formula is C20H20N4O3. The van der Waals surface area contributed by atoms with Gasteiger partial charge >= 0.3 is 5.97 Å². The molecule has 0 radical (unpaired) electrons. The monoisotopic (exact) mass is 364 g/mol. The summed E-state index contributed by atoms with van der Waals surface area (Å²) in [5, 5.41) is 14.4. The molecule has 2 aromatic heterocycles. The Morgan fingerprint density at radius 1 is 1.11 bits per heavy atom. The van der Waals surface area contributed by atoms with E-state index in [0.29, 0.717) is 25.1 Å². The zero-order chi connectivity index (χ0) is 19.1. The second kappa shape index (κ2) is 6.50. The molecule has 1 aliphatic heterocycles. The minimum Gasteiger partial charge on any atom is -0.478 e. The van der Waals surface area contributed by atoms with E-state index in [2.05, 4.69) is 10.1 Å². The van der Waals surface area contributed by atoms with Crippen molar-refractivity contribution in [3.8, 4) is 0 Å². The van der Waals surface area contributed by atoms with Crippen molar-refractivity contribution in [1.82, 2.24) is 19.7 Å². The molecule has 1 aromatic carbocycles. The van der Waals surface area contributed by atoms with Gasteiger partial charge in [-0.05, 0) is 49.6 Å². The number of fused-ring (bicyclic) bond motifs is 2. The predicted octanol–water partition coefficient (Wildman–Crippen LogP) is 2.91. The average Bonchev–Trinajstić information content (AvgIpc) is 3.10. The van der Waals surface area contributed by atoms with Gasteiger partial charge in [-0.3, -0.25) is 4.79 Å². The molecule has 0 saturated heterocycles. The maximum Gasteiger partial charge on any atom is 0.335 e. The van der Waals surface area contributed by atoms with Crippen LogP contribution in [0.1, 0.15) is 51.7 Å². The third kappa shape index (κ3) is 3.05. The number of aromatic nitrogens is 3. The summed E-state index contributed by atoms with van der Waals surface area (Å²) in [6.45, 7) is 5.06. The van der Waals surface area contributed by atoms with Crippen LogP contribution in [0.4, 0.5) is 0 Å².